The fraction of sp³-hybridized carbons (Fsp3) is 0.429. The largest absolute Gasteiger partial charge is 0.341 e. The zero-order valence-corrected chi connectivity index (χ0v) is 17.5. The predicted molar refractivity (Wildman–Crippen MR) is 115 cm³/mol. The first-order valence-electron chi connectivity index (χ1n) is 10.1. The molecule has 3 aromatic heterocycles. The van der Waals surface area contributed by atoms with Crippen molar-refractivity contribution in [3.63, 3.8) is 0 Å². The van der Waals surface area contributed by atoms with Crippen LogP contribution in [0.25, 0.3) is 11.2 Å². The zero-order valence-electron chi connectivity index (χ0n) is 17.5. The van der Waals surface area contributed by atoms with Crippen LogP contribution in [0.4, 0.5) is 10.3 Å². The summed E-state index contributed by atoms with van der Waals surface area (Å²) in [4.78, 5) is 37.0. The lowest BCUT2D eigenvalue weighted by Gasteiger charge is -2.31. The molecule has 2 N–H and O–H groups in total. The van der Waals surface area contributed by atoms with E-state index in [1.807, 2.05) is 4.90 Å². The van der Waals surface area contributed by atoms with Gasteiger partial charge >= 0.3 is 5.69 Å². The summed E-state index contributed by atoms with van der Waals surface area (Å²) in [6, 6.07) is 2.71. The molecule has 0 aliphatic carbocycles. The van der Waals surface area contributed by atoms with E-state index in [9.17, 15) is 14.0 Å². The van der Waals surface area contributed by atoms with Crippen LogP contribution >= 0.6 is 0 Å². The second kappa shape index (κ2) is 8.35. The standard InChI is InChI=1S/C21H24FN7O2/c1-3-4-11-28-17-18(25-20(28)27-10-6-7-14(23)12-27)26(2)21(31)29(19(17)30)13-16-15(22)8-5-9-24-16/h5,8-9,14H,6-7,10-13,23H2,1-2H3. The number of fused-ring (bicyclic) bond motifs is 1. The molecular weight excluding hydrogens is 401 g/mol. The van der Waals surface area contributed by atoms with Crippen LogP contribution in [0.2, 0.25) is 0 Å². The van der Waals surface area contributed by atoms with Gasteiger partial charge in [-0.1, -0.05) is 5.92 Å². The normalized spacial score (nSPS) is 16.4. The van der Waals surface area contributed by atoms with Crippen molar-refractivity contribution in [3.8, 4) is 11.8 Å². The molecule has 31 heavy (non-hydrogen) atoms. The Morgan fingerprint density at radius 2 is 2.13 bits per heavy atom. The molecule has 1 aliphatic heterocycles. The molecule has 0 radical (unpaired) electrons. The summed E-state index contributed by atoms with van der Waals surface area (Å²) in [5.74, 6) is 5.80. The van der Waals surface area contributed by atoms with Crippen LogP contribution < -0.4 is 21.9 Å². The lowest BCUT2D eigenvalue weighted by atomic mass is 10.1. The Balaban J connectivity index is 1.94. The van der Waals surface area contributed by atoms with E-state index in [4.69, 9.17) is 5.73 Å². The van der Waals surface area contributed by atoms with Gasteiger partial charge in [0.1, 0.15) is 5.82 Å². The van der Waals surface area contributed by atoms with Crippen molar-refractivity contribution in [2.24, 2.45) is 12.8 Å². The molecule has 0 aromatic carbocycles. The van der Waals surface area contributed by atoms with Gasteiger partial charge in [0.2, 0.25) is 5.95 Å². The van der Waals surface area contributed by atoms with Crippen molar-refractivity contribution in [2.75, 3.05) is 18.0 Å². The van der Waals surface area contributed by atoms with Gasteiger partial charge in [-0.25, -0.2) is 9.18 Å². The smallest absolute Gasteiger partial charge is 0.332 e. The highest BCUT2D eigenvalue weighted by atomic mass is 19.1. The summed E-state index contributed by atoms with van der Waals surface area (Å²) >= 11 is 0. The highest BCUT2D eigenvalue weighted by Crippen LogP contribution is 2.22. The average molecular weight is 425 g/mol. The Labute approximate surface area is 177 Å². The molecule has 4 heterocycles. The lowest BCUT2D eigenvalue weighted by Crippen LogP contribution is -2.44. The zero-order chi connectivity index (χ0) is 22.1. The van der Waals surface area contributed by atoms with Crippen LogP contribution in [0, 0.1) is 17.7 Å². The van der Waals surface area contributed by atoms with Gasteiger partial charge in [0.25, 0.3) is 5.56 Å². The molecular formula is C21H24FN7O2. The molecule has 162 valence electrons. The summed E-state index contributed by atoms with van der Waals surface area (Å²) < 4.78 is 18.2. The Bertz CT molecular complexity index is 1310. The van der Waals surface area contributed by atoms with Crippen LogP contribution in [0.15, 0.2) is 27.9 Å². The summed E-state index contributed by atoms with van der Waals surface area (Å²) in [7, 11) is 1.55. The maximum Gasteiger partial charge on any atom is 0.332 e. The van der Waals surface area contributed by atoms with Crippen molar-refractivity contribution in [1.82, 2.24) is 23.7 Å². The second-order valence-electron chi connectivity index (χ2n) is 7.61. The first kappa shape index (κ1) is 20.8. The number of piperidine rings is 1. The number of aromatic nitrogens is 5. The molecule has 0 saturated carbocycles. The minimum Gasteiger partial charge on any atom is -0.341 e. The van der Waals surface area contributed by atoms with E-state index in [0.29, 0.717) is 12.5 Å². The van der Waals surface area contributed by atoms with Crippen molar-refractivity contribution in [3.05, 3.63) is 50.7 Å². The number of halogens is 1. The topological polar surface area (TPSA) is 104 Å². The molecule has 3 aromatic rings. The Morgan fingerprint density at radius 3 is 2.84 bits per heavy atom. The first-order valence-corrected chi connectivity index (χ1v) is 10.1. The second-order valence-corrected chi connectivity index (χ2v) is 7.61. The predicted octanol–water partition coefficient (Wildman–Crippen LogP) is 0.430. The third-order valence-electron chi connectivity index (χ3n) is 5.51. The van der Waals surface area contributed by atoms with Crippen molar-refractivity contribution < 1.29 is 4.39 Å². The Morgan fingerprint density at radius 1 is 1.32 bits per heavy atom. The van der Waals surface area contributed by atoms with Gasteiger partial charge < -0.3 is 10.6 Å². The molecule has 0 amide bonds. The summed E-state index contributed by atoms with van der Waals surface area (Å²) in [5.41, 5.74) is 5.53. The number of hydrogen-bond donors (Lipinski definition) is 1. The van der Waals surface area contributed by atoms with Crippen molar-refractivity contribution in [2.45, 2.75) is 38.9 Å². The number of nitrogens with zero attached hydrogens (tertiary/aromatic N) is 6. The van der Waals surface area contributed by atoms with Crippen LogP contribution in [-0.4, -0.2) is 42.8 Å². The minimum atomic E-state index is -0.587. The Hall–Kier alpha value is -3.45. The average Bonchev–Trinajstić information content (AvgIpc) is 3.14. The molecule has 1 fully saturated rings. The fourth-order valence-electron chi connectivity index (χ4n) is 3.92. The summed E-state index contributed by atoms with van der Waals surface area (Å²) in [5, 5.41) is 0. The third kappa shape index (κ3) is 3.72. The van der Waals surface area contributed by atoms with Gasteiger partial charge in [0.05, 0.1) is 18.8 Å². The van der Waals surface area contributed by atoms with Gasteiger partial charge in [0.15, 0.2) is 11.2 Å². The van der Waals surface area contributed by atoms with Crippen LogP contribution in [-0.2, 0) is 20.1 Å². The molecule has 0 spiro atoms. The molecule has 1 aliphatic rings. The fourth-order valence-corrected chi connectivity index (χ4v) is 3.92. The molecule has 0 bridgehead atoms. The highest BCUT2D eigenvalue weighted by Gasteiger charge is 2.26. The van der Waals surface area contributed by atoms with Crippen LogP contribution in [0.1, 0.15) is 25.5 Å². The van der Waals surface area contributed by atoms with E-state index >= 15 is 0 Å². The number of aryl methyl sites for hydroxylation is 1. The third-order valence-corrected chi connectivity index (χ3v) is 5.51. The van der Waals surface area contributed by atoms with Crippen LogP contribution in [0.5, 0.6) is 0 Å². The number of anilines is 1. The minimum absolute atomic E-state index is 0.00637. The molecule has 1 saturated heterocycles. The number of pyridine rings is 1. The van der Waals surface area contributed by atoms with Gasteiger partial charge in [-0.3, -0.25) is 23.5 Å². The van der Waals surface area contributed by atoms with Crippen molar-refractivity contribution in [1.29, 1.82) is 0 Å². The maximum atomic E-state index is 14.1. The van der Waals surface area contributed by atoms with E-state index < -0.39 is 17.1 Å². The highest BCUT2D eigenvalue weighted by molar-refractivity contribution is 5.75. The molecule has 4 rings (SSSR count). The molecule has 1 atom stereocenters. The lowest BCUT2D eigenvalue weighted by molar-refractivity contribution is 0.496. The molecule has 10 heteroatoms. The number of nitrogens with two attached hydrogens (primary N) is 1. The summed E-state index contributed by atoms with van der Waals surface area (Å²) in [6.45, 7) is 3.03. The quantitative estimate of drug-likeness (QED) is 0.608. The maximum absolute atomic E-state index is 14.1. The van der Waals surface area contributed by atoms with Gasteiger partial charge in [-0.05, 0) is 31.9 Å². The van der Waals surface area contributed by atoms with E-state index in [2.05, 4.69) is 21.8 Å². The Kier molecular flexibility index (Phi) is 5.61. The monoisotopic (exact) mass is 425 g/mol. The van der Waals surface area contributed by atoms with E-state index in [1.54, 1.807) is 18.5 Å². The number of rotatable bonds is 4. The summed E-state index contributed by atoms with van der Waals surface area (Å²) in [6.07, 6.45) is 3.25. The van der Waals surface area contributed by atoms with E-state index in [-0.39, 0.29) is 36.0 Å². The van der Waals surface area contributed by atoms with Crippen molar-refractivity contribution >= 4 is 17.1 Å². The van der Waals surface area contributed by atoms with Gasteiger partial charge in [-0.15, -0.1) is 5.92 Å². The number of imidazole rings is 1. The van der Waals surface area contributed by atoms with E-state index in [1.165, 1.54) is 22.9 Å². The van der Waals surface area contributed by atoms with Gasteiger partial charge in [-0.2, -0.15) is 4.98 Å². The molecule has 9 nitrogen and oxygen atoms in total. The SMILES string of the molecule is CC#CCn1c(N2CCCC(N)C2)nc2c1c(=O)n(Cc1ncccc1F)c(=O)n2C. The van der Waals surface area contributed by atoms with Crippen LogP contribution in [0.3, 0.4) is 0 Å². The number of hydrogen-bond acceptors (Lipinski definition) is 6. The first-order chi connectivity index (χ1) is 14.9. The van der Waals surface area contributed by atoms with E-state index in [0.717, 1.165) is 24.0 Å². The molecule has 1 unspecified atom stereocenters. The van der Waals surface area contributed by atoms with Gasteiger partial charge in [0, 0.05) is 32.4 Å².